The van der Waals surface area contributed by atoms with Crippen LogP contribution in [0, 0.1) is 0 Å². The van der Waals surface area contributed by atoms with Gasteiger partial charge < -0.3 is 4.90 Å². The number of para-hydroxylation sites is 1. The quantitative estimate of drug-likeness (QED) is 0.281. The van der Waals surface area contributed by atoms with E-state index in [1.807, 2.05) is 29.4 Å². The summed E-state index contributed by atoms with van der Waals surface area (Å²) in [7, 11) is 0. The lowest BCUT2D eigenvalue weighted by Gasteiger charge is -2.21. The van der Waals surface area contributed by atoms with Crippen molar-refractivity contribution in [3.63, 3.8) is 0 Å². The summed E-state index contributed by atoms with van der Waals surface area (Å²) in [6.45, 7) is 2.33. The first-order valence-electron chi connectivity index (χ1n) is 10.6. The Balaban J connectivity index is 1.50. The maximum atomic E-state index is 4.91. The minimum Gasteiger partial charge on any atom is -0.372 e. The Morgan fingerprint density at radius 3 is 2.20 bits per heavy atom. The van der Waals surface area contributed by atoms with Crippen LogP contribution in [-0.2, 0) is 0 Å². The van der Waals surface area contributed by atoms with Crippen molar-refractivity contribution in [2.24, 2.45) is 5.10 Å². The lowest BCUT2D eigenvalue weighted by molar-refractivity contribution is 0.949. The molecule has 0 unspecified atom stereocenters. The SMILES string of the molecule is C(=NN(c1ccccc1)c1cccc2ccccc12)c1ccc(N2CCCC2)cc1. The predicted octanol–water partition coefficient (Wildman–Crippen LogP) is 6.61. The van der Waals surface area contributed by atoms with Crippen molar-refractivity contribution in [3.05, 3.63) is 103 Å². The highest BCUT2D eigenvalue weighted by atomic mass is 15.5. The van der Waals surface area contributed by atoms with Crippen LogP contribution in [0.2, 0.25) is 0 Å². The molecular formula is C27H25N3. The number of nitrogens with zero attached hydrogens (tertiary/aromatic N) is 3. The van der Waals surface area contributed by atoms with Gasteiger partial charge in [0, 0.05) is 24.2 Å². The van der Waals surface area contributed by atoms with Gasteiger partial charge in [0.15, 0.2) is 0 Å². The Bertz CT molecular complexity index is 1140. The average molecular weight is 392 g/mol. The number of benzene rings is 4. The van der Waals surface area contributed by atoms with Crippen molar-refractivity contribution in [2.45, 2.75) is 12.8 Å². The van der Waals surface area contributed by atoms with Crippen molar-refractivity contribution in [1.82, 2.24) is 0 Å². The lowest BCUT2D eigenvalue weighted by atomic mass is 10.1. The van der Waals surface area contributed by atoms with E-state index in [9.17, 15) is 0 Å². The van der Waals surface area contributed by atoms with Gasteiger partial charge in [0.1, 0.15) is 0 Å². The molecule has 0 N–H and O–H groups in total. The number of hydrazone groups is 1. The van der Waals surface area contributed by atoms with Gasteiger partial charge in [0.2, 0.25) is 0 Å². The van der Waals surface area contributed by atoms with Crippen LogP contribution in [0.4, 0.5) is 17.1 Å². The van der Waals surface area contributed by atoms with Gasteiger partial charge in [-0.3, -0.25) is 0 Å². The third-order valence-electron chi connectivity index (χ3n) is 5.68. The number of hydrogen-bond donors (Lipinski definition) is 0. The van der Waals surface area contributed by atoms with Crippen molar-refractivity contribution in [3.8, 4) is 0 Å². The summed E-state index contributed by atoms with van der Waals surface area (Å²) in [4.78, 5) is 2.45. The molecule has 5 rings (SSSR count). The fourth-order valence-electron chi connectivity index (χ4n) is 4.10. The Morgan fingerprint density at radius 1 is 0.700 bits per heavy atom. The molecule has 4 aromatic carbocycles. The molecule has 0 bridgehead atoms. The topological polar surface area (TPSA) is 18.8 Å². The molecule has 0 amide bonds. The standard InChI is InChI=1S/C27H25N3/c1-2-11-25(12-3-1)30(27-14-8-10-23-9-4-5-13-26(23)27)28-21-22-15-17-24(18-16-22)29-19-6-7-20-29/h1-5,8-18,21H,6-7,19-20H2. The average Bonchev–Trinajstić information content (AvgIpc) is 3.35. The molecule has 3 heteroatoms. The third-order valence-corrected chi connectivity index (χ3v) is 5.68. The van der Waals surface area contributed by atoms with E-state index in [2.05, 4.69) is 83.8 Å². The zero-order valence-corrected chi connectivity index (χ0v) is 17.0. The minimum atomic E-state index is 1.04. The van der Waals surface area contributed by atoms with Crippen LogP contribution in [-0.4, -0.2) is 19.3 Å². The Kier molecular flexibility index (Phi) is 5.17. The fraction of sp³-hybridized carbons (Fsp3) is 0.148. The highest BCUT2D eigenvalue weighted by Crippen LogP contribution is 2.32. The van der Waals surface area contributed by atoms with Gasteiger partial charge in [0.25, 0.3) is 0 Å². The Hall–Kier alpha value is -3.59. The highest BCUT2D eigenvalue weighted by molar-refractivity contribution is 5.96. The van der Waals surface area contributed by atoms with Crippen molar-refractivity contribution >= 4 is 34.0 Å². The maximum absolute atomic E-state index is 4.91. The van der Waals surface area contributed by atoms with Crippen LogP contribution in [0.3, 0.4) is 0 Å². The first-order chi connectivity index (χ1) is 14.9. The molecule has 0 aliphatic carbocycles. The Morgan fingerprint density at radius 2 is 1.40 bits per heavy atom. The lowest BCUT2D eigenvalue weighted by Crippen LogP contribution is -2.17. The van der Waals surface area contributed by atoms with Gasteiger partial charge in [-0.15, -0.1) is 0 Å². The van der Waals surface area contributed by atoms with Crippen molar-refractivity contribution in [1.29, 1.82) is 0 Å². The monoisotopic (exact) mass is 391 g/mol. The molecule has 1 heterocycles. The van der Waals surface area contributed by atoms with Crippen LogP contribution >= 0.6 is 0 Å². The molecule has 148 valence electrons. The molecule has 30 heavy (non-hydrogen) atoms. The van der Waals surface area contributed by atoms with Crippen LogP contribution in [0.5, 0.6) is 0 Å². The van der Waals surface area contributed by atoms with E-state index in [0.29, 0.717) is 0 Å². The van der Waals surface area contributed by atoms with Gasteiger partial charge in [-0.1, -0.05) is 66.7 Å². The van der Waals surface area contributed by atoms with E-state index < -0.39 is 0 Å². The summed E-state index contributed by atoms with van der Waals surface area (Å²) in [6, 6.07) is 33.9. The molecule has 1 fully saturated rings. The van der Waals surface area contributed by atoms with Gasteiger partial charge >= 0.3 is 0 Å². The zero-order valence-electron chi connectivity index (χ0n) is 17.0. The van der Waals surface area contributed by atoms with Gasteiger partial charge in [-0.2, -0.15) is 5.10 Å². The fourth-order valence-corrected chi connectivity index (χ4v) is 4.10. The second-order valence-electron chi connectivity index (χ2n) is 7.68. The molecule has 4 aromatic rings. The predicted molar refractivity (Wildman–Crippen MR) is 128 cm³/mol. The summed E-state index contributed by atoms with van der Waals surface area (Å²) in [5.74, 6) is 0. The first-order valence-corrected chi connectivity index (χ1v) is 10.6. The van der Waals surface area contributed by atoms with Gasteiger partial charge in [-0.05, 0) is 54.1 Å². The molecule has 1 aliphatic rings. The van der Waals surface area contributed by atoms with E-state index in [-0.39, 0.29) is 0 Å². The summed E-state index contributed by atoms with van der Waals surface area (Å²) in [6.07, 6.45) is 4.53. The maximum Gasteiger partial charge on any atom is 0.0730 e. The molecule has 0 radical (unpaired) electrons. The van der Waals surface area contributed by atoms with E-state index in [0.717, 1.165) is 30.0 Å². The van der Waals surface area contributed by atoms with Crippen molar-refractivity contribution < 1.29 is 0 Å². The van der Waals surface area contributed by atoms with E-state index in [4.69, 9.17) is 5.10 Å². The highest BCUT2D eigenvalue weighted by Gasteiger charge is 2.13. The molecule has 1 aliphatic heterocycles. The Labute approximate surface area is 177 Å². The molecule has 1 saturated heterocycles. The first kappa shape index (κ1) is 18.4. The van der Waals surface area contributed by atoms with Crippen LogP contribution < -0.4 is 9.91 Å². The molecule has 0 spiro atoms. The number of fused-ring (bicyclic) bond motifs is 1. The molecule has 0 saturated carbocycles. The molecular weight excluding hydrogens is 366 g/mol. The van der Waals surface area contributed by atoms with Crippen LogP contribution in [0.1, 0.15) is 18.4 Å². The summed E-state index contributed by atoms with van der Waals surface area (Å²) in [5.41, 5.74) is 4.51. The number of anilines is 3. The van der Waals surface area contributed by atoms with Crippen molar-refractivity contribution in [2.75, 3.05) is 23.0 Å². The van der Waals surface area contributed by atoms with Crippen LogP contribution in [0.25, 0.3) is 10.8 Å². The molecule has 0 aromatic heterocycles. The summed E-state index contributed by atoms with van der Waals surface area (Å²) < 4.78 is 0. The largest absolute Gasteiger partial charge is 0.372 e. The second kappa shape index (κ2) is 8.42. The molecule has 0 atom stereocenters. The third kappa shape index (κ3) is 3.79. The number of hydrogen-bond acceptors (Lipinski definition) is 3. The van der Waals surface area contributed by atoms with E-state index in [1.165, 1.54) is 29.3 Å². The summed E-state index contributed by atoms with van der Waals surface area (Å²) in [5, 5.41) is 9.33. The smallest absolute Gasteiger partial charge is 0.0730 e. The van der Waals surface area contributed by atoms with Crippen LogP contribution in [0.15, 0.2) is 102 Å². The second-order valence-corrected chi connectivity index (χ2v) is 7.68. The van der Waals surface area contributed by atoms with Gasteiger partial charge in [0.05, 0.1) is 17.6 Å². The summed E-state index contributed by atoms with van der Waals surface area (Å²) >= 11 is 0. The van der Waals surface area contributed by atoms with E-state index in [1.54, 1.807) is 0 Å². The van der Waals surface area contributed by atoms with Gasteiger partial charge in [-0.25, -0.2) is 5.01 Å². The van der Waals surface area contributed by atoms with E-state index >= 15 is 0 Å². The molecule has 3 nitrogen and oxygen atoms in total. The minimum absolute atomic E-state index is 1.04. The normalized spacial score (nSPS) is 13.9. The zero-order chi connectivity index (χ0) is 20.2. The number of rotatable bonds is 5.